The Morgan fingerprint density at radius 2 is 1.82 bits per heavy atom. The Hall–Kier alpha value is -4.77. The van der Waals surface area contributed by atoms with Gasteiger partial charge in [-0.2, -0.15) is 0 Å². The molecule has 0 amide bonds. The third-order valence-corrected chi connectivity index (χ3v) is 9.91. The Labute approximate surface area is 299 Å². The van der Waals surface area contributed by atoms with Crippen molar-refractivity contribution in [3.8, 4) is 34.1 Å². The summed E-state index contributed by atoms with van der Waals surface area (Å²) in [6.07, 6.45) is 5.79. The van der Waals surface area contributed by atoms with Crippen LogP contribution in [0.25, 0.3) is 33.7 Å². The van der Waals surface area contributed by atoms with Crippen LogP contribution in [0.5, 0.6) is 11.5 Å². The quantitative estimate of drug-likeness (QED) is 0.119. The van der Waals surface area contributed by atoms with Crippen molar-refractivity contribution in [1.29, 1.82) is 0 Å². The summed E-state index contributed by atoms with van der Waals surface area (Å²) in [5, 5.41) is 9.59. The van der Waals surface area contributed by atoms with Crippen LogP contribution in [0.4, 0.5) is 0 Å². The van der Waals surface area contributed by atoms with E-state index in [1.54, 1.807) is 6.20 Å². The predicted octanol–water partition coefficient (Wildman–Crippen LogP) is 7.37. The van der Waals surface area contributed by atoms with Gasteiger partial charge in [0.1, 0.15) is 23.6 Å². The minimum absolute atomic E-state index is 0.0205. The van der Waals surface area contributed by atoms with E-state index in [0.717, 1.165) is 110 Å². The summed E-state index contributed by atoms with van der Waals surface area (Å²) < 4.78 is 24.4. The second kappa shape index (κ2) is 16.5. The first kappa shape index (κ1) is 34.7. The first-order valence-corrected chi connectivity index (χ1v) is 18.1. The SMILES string of the molecule is Cc1c(-c2cccc(OCCCN3CCOCC3)c2)cccc1-c1nc2cc(CN3CCCCC3CC(=O)O)c(OCc3ccccn3)cc2o1. The topological polar surface area (TPSA) is 110 Å². The predicted molar refractivity (Wildman–Crippen MR) is 196 cm³/mol. The number of nitrogens with zero attached hydrogens (tertiary/aromatic N) is 4. The molecular weight excluding hydrogens is 644 g/mol. The summed E-state index contributed by atoms with van der Waals surface area (Å²) >= 11 is 0. The van der Waals surface area contributed by atoms with Crippen LogP contribution < -0.4 is 9.47 Å². The van der Waals surface area contributed by atoms with Crippen LogP contribution >= 0.6 is 0 Å². The number of aromatic nitrogens is 2. The van der Waals surface area contributed by atoms with E-state index in [2.05, 4.69) is 39.9 Å². The van der Waals surface area contributed by atoms with Crippen molar-refractivity contribution in [1.82, 2.24) is 19.8 Å². The maximum Gasteiger partial charge on any atom is 0.304 e. The molecule has 4 heterocycles. The van der Waals surface area contributed by atoms with E-state index in [1.807, 2.05) is 54.6 Å². The van der Waals surface area contributed by atoms with Crippen LogP contribution in [0.15, 0.2) is 83.4 Å². The smallest absolute Gasteiger partial charge is 0.304 e. The van der Waals surface area contributed by atoms with Gasteiger partial charge in [-0.05, 0) is 85.8 Å². The zero-order chi connectivity index (χ0) is 35.0. The maximum absolute atomic E-state index is 11.7. The van der Waals surface area contributed by atoms with Gasteiger partial charge in [-0.1, -0.05) is 36.8 Å². The lowest BCUT2D eigenvalue weighted by atomic mass is 9.96. The Bertz CT molecular complexity index is 1920. The van der Waals surface area contributed by atoms with Gasteiger partial charge in [-0.3, -0.25) is 19.6 Å². The highest BCUT2D eigenvalue weighted by Gasteiger charge is 2.26. The van der Waals surface area contributed by atoms with Crippen LogP contribution in [0, 0.1) is 6.92 Å². The number of piperidine rings is 1. The number of fused-ring (bicyclic) bond motifs is 1. The number of morpholine rings is 1. The lowest BCUT2D eigenvalue weighted by Gasteiger charge is -2.35. The molecule has 0 bridgehead atoms. The molecule has 2 aliphatic rings. The number of ether oxygens (including phenoxy) is 3. The second-order valence-electron chi connectivity index (χ2n) is 13.4. The molecular formula is C41H46N4O6. The summed E-state index contributed by atoms with van der Waals surface area (Å²) in [7, 11) is 0. The van der Waals surface area contributed by atoms with E-state index in [0.29, 0.717) is 37.0 Å². The number of hydrogen-bond donors (Lipinski definition) is 1. The summed E-state index contributed by atoms with van der Waals surface area (Å²) in [6.45, 7) is 9.07. The van der Waals surface area contributed by atoms with Crippen molar-refractivity contribution >= 4 is 17.1 Å². The van der Waals surface area contributed by atoms with Gasteiger partial charge in [-0.15, -0.1) is 0 Å². The van der Waals surface area contributed by atoms with E-state index < -0.39 is 5.97 Å². The molecule has 1 atom stereocenters. The first-order valence-electron chi connectivity index (χ1n) is 18.1. The van der Waals surface area contributed by atoms with Gasteiger partial charge in [0.2, 0.25) is 5.89 Å². The van der Waals surface area contributed by atoms with Crippen LogP contribution in [0.2, 0.25) is 0 Å². The summed E-state index contributed by atoms with van der Waals surface area (Å²) in [4.78, 5) is 25.8. The summed E-state index contributed by atoms with van der Waals surface area (Å²) in [6, 6.07) is 24.1. The third-order valence-electron chi connectivity index (χ3n) is 9.91. The summed E-state index contributed by atoms with van der Waals surface area (Å²) in [5.41, 5.74) is 7.25. The van der Waals surface area contributed by atoms with E-state index in [1.165, 1.54) is 0 Å². The summed E-state index contributed by atoms with van der Waals surface area (Å²) in [5.74, 6) is 1.30. The number of benzene rings is 3. The molecule has 0 spiro atoms. The fourth-order valence-corrected chi connectivity index (χ4v) is 7.16. The molecule has 0 radical (unpaired) electrons. The van der Waals surface area contributed by atoms with Crippen LogP contribution in [-0.4, -0.2) is 82.9 Å². The van der Waals surface area contributed by atoms with Gasteiger partial charge < -0.3 is 23.7 Å². The number of oxazole rings is 1. The lowest BCUT2D eigenvalue weighted by molar-refractivity contribution is -0.138. The highest BCUT2D eigenvalue weighted by molar-refractivity contribution is 5.82. The molecule has 1 N–H and O–H groups in total. The van der Waals surface area contributed by atoms with Gasteiger partial charge in [0.05, 0.1) is 31.9 Å². The number of carbonyl (C=O) groups is 1. The molecule has 1 unspecified atom stereocenters. The molecule has 2 saturated heterocycles. The van der Waals surface area contributed by atoms with Gasteiger partial charge in [-0.25, -0.2) is 4.98 Å². The Balaban J connectivity index is 1.13. The number of rotatable bonds is 14. The average Bonchev–Trinajstić information content (AvgIpc) is 3.56. The Morgan fingerprint density at radius 1 is 0.961 bits per heavy atom. The Kier molecular flexibility index (Phi) is 11.2. The fourth-order valence-electron chi connectivity index (χ4n) is 7.16. The van der Waals surface area contributed by atoms with Gasteiger partial charge in [0.25, 0.3) is 0 Å². The monoisotopic (exact) mass is 690 g/mol. The molecule has 2 fully saturated rings. The molecule has 5 aromatic rings. The van der Waals surface area contributed by atoms with Crippen LogP contribution in [-0.2, 0) is 22.7 Å². The Morgan fingerprint density at radius 3 is 2.67 bits per heavy atom. The van der Waals surface area contributed by atoms with Crippen LogP contribution in [0.1, 0.15) is 48.9 Å². The molecule has 7 rings (SSSR count). The number of likely N-dealkylation sites (tertiary alicyclic amines) is 1. The molecule has 51 heavy (non-hydrogen) atoms. The van der Waals surface area contributed by atoms with Gasteiger partial charge in [0, 0.05) is 55.6 Å². The van der Waals surface area contributed by atoms with Crippen molar-refractivity contribution in [2.45, 2.75) is 58.2 Å². The number of hydrogen-bond acceptors (Lipinski definition) is 9. The molecule has 0 aliphatic carbocycles. The standard InChI is InChI=1S/C41H46N4O6/c1-29-35(30-9-6-12-34(23-30)49-20-8-16-44-18-21-48-22-19-44)13-7-14-36(29)41-43-37-24-31(27-45-17-5-3-11-33(45)25-40(46)47)38(26-39(37)51-41)50-28-32-10-2-4-15-42-32/h2,4,6-7,9-10,12-15,23-24,26,33H,3,5,8,11,16-22,25,27-28H2,1H3,(H,46,47). The number of carboxylic acid groups (broad SMARTS) is 1. The van der Waals surface area contributed by atoms with E-state index >= 15 is 0 Å². The van der Waals surface area contributed by atoms with E-state index in [9.17, 15) is 9.90 Å². The zero-order valence-corrected chi connectivity index (χ0v) is 29.3. The van der Waals surface area contributed by atoms with Gasteiger partial charge >= 0.3 is 5.97 Å². The normalized spacial score (nSPS) is 17.1. The molecule has 10 heteroatoms. The molecule has 2 aliphatic heterocycles. The molecule has 3 aromatic carbocycles. The molecule has 2 aromatic heterocycles. The van der Waals surface area contributed by atoms with Crippen molar-refractivity contribution < 1.29 is 28.5 Å². The highest BCUT2D eigenvalue weighted by Crippen LogP contribution is 2.36. The largest absolute Gasteiger partial charge is 0.494 e. The first-order chi connectivity index (χ1) is 25.0. The minimum atomic E-state index is -0.772. The zero-order valence-electron chi connectivity index (χ0n) is 29.3. The lowest BCUT2D eigenvalue weighted by Crippen LogP contribution is -2.40. The second-order valence-corrected chi connectivity index (χ2v) is 13.4. The third kappa shape index (κ3) is 8.76. The number of carboxylic acids is 1. The minimum Gasteiger partial charge on any atom is -0.494 e. The molecule has 266 valence electrons. The molecule has 10 nitrogen and oxygen atoms in total. The number of pyridine rings is 1. The molecule has 0 saturated carbocycles. The average molecular weight is 691 g/mol. The van der Waals surface area contributed by atoms with Crippen molar-refractivity contribution in [2.24, 2.45) is 0 Å². The van der Waals surface area contributed by atoms with Crippen LogP contribution in [0.3, 0.4) is 0 Å². The van der Waals surface area contributed by atoms with Crippen molar-refractivity contribution in [2.75, 3.05) is 46.0 Å². The van der Waals surface area contributed by atoms with E-state index in [4.69, 9.17) is 23.6 Å². The highest BCUT2D eigenvalue weighted by atomic mass is 16.5. The number of aliphatic carboxylic acids is 1. The van der Waals surface area contributed by atoms with Gasteiger partial charge in [0.15, 0.2) is 5.58 Å². The maximum atomic E-state index is 11.7. The van der Waals surface area contributed by atoms with Crippen molar-refractivity contribution in [3.63, 3.8) is 0 Å². The van der Waals surface area contributed by atoms with Crippen molar-refractivity contribution in [3.05, 3.63) is 95.8 Å². The van der Waals surface area contributed by atoms with E-state index in [-0.39, 0.29) is 12.5 Å². The fraction of sp³-hybridized carbons (Fsp3) is 0.390.